The zero-order chi connectivity index (χ0) is 15.2. The van der Waals surface area contributed by atoms with Gasteiger partial charge in [0.15, 0.2) is 0 Å². The predicted octanol–water partition coefficient (Wildman–Crippen LogP) is 2.40. The van der Waals surface area contributed by atoms with Gasteiger partial charge in [-0.2, -0.15) is 0 Å². The van der Waals surface area contributed by atoms with E-state index in [1.807, 2.05) is 12.1 Å². The number of hydrogen-bond acceptors (Lipinski definition) is 2. The van der Waals surface area contributed by atoms with Gasteiger partial charge in [0.25, 0.3) is 0 Å². The predicted molar refractivity (Wildman–Crippen MR) is 76.7 cm³/mol. The first-order valence-electron chi connectivity index (χ1n) is 6.59. The molecule has 0 saturated heterocycles. The highest BCUT2D eigenvalue weighted by Crippen LogP contribution is 2.08. The van der Waals surface area contributed by atoms with Crippen LogP contribution < -0.4 is 11.1 Å². The van der Waals surface area contributed by atoms with Gasteiger partial charge < -0.3 is 11.1 Å². The van der Waals surface area contributed by atoms with E-state index in [4.69, 9.17) is 5.73 Å². The van der Waals surface area contributed by atoms with Crippen molar-refractivity contribution < 1.29 is 13.6 Å². The molecule has 0 heterocycles. The van der Waals surface area contributed by atoms with E-state index in [1.54, 1.807) is 12.1 Å². The first kappa shape index (κ1) is 15.1. The van der Waals surface area contributed by atoms with Crippen LogP contribution in [0.1, 0.15) is 21.5 Å². The molecule has 0 fully saturated rings. The molecule has 0 aromatic heterocycles. The fraction of sp³-hybridized carbons (Fsp3) is 0.188. The Morgan fingerprint density at radius 1 is 1.00 bits per heavy atom. The van der Waals surface area contributed by atoms with E-state index in [0.717, 1.165) is 11.6 Å². The molecule has 0 saturated carbocycles. The topological polar surface area (TPSA) is 55.1 Å². The van der Waals surface area contributed by atoms with E-state index < -0.39 is 17.5 Å². The van der Waals surface area contributed by atoms with E-state index in [0.29, 0.717) is 30.6 Å². The molecule has 2 aromatic carbocycles. The van der Waals surface area contributed by atoms with Gasteiger partial charge in [0, 0.05) is 18.2 Å². The summed E-state index contributed by atoms with van der Waals surface area (Å²) in [4.78, 5) is 10.9. The molecule has 0 atom stereocenters. The smallest absolute Gasteiger partial charge is 0.248 e. The average Bonchev–Trinajstić information content (AvgIpc) is 2.43. The van der Waals surface area contributed by atoms with Crippen molar-refractivity contribution in [1.82, 2.24) is 5.32 Å². The van der Waals surface area contributed by atoms with Crippen LogP contribution in [0.4, 0.5) is 8.78 Å². The van der Waals surface area contributed by atoms with Crippen molar-refractivity contribution >= 4 is 5.91 Å². The summed E-state index contributed by atoms with van der Waals surface area (Å²) in [6.45, 7) is 1.21. The van der Waals surface area contributed by atoms with E-state index in [9.17, 15) is 13.6 Å². The summed E-state index contributed by atoms with van der Waals surface area (Å²) in [7, 11) is 0. The molecule has 110 valence electrons. The molecule has 3 N–H and O–H groups in total. The zero-order valence-corrected chi connectivity index (χ0v) is 11.4. The molecule has 5 heteroatoms. The number of amides is 1. The highest BCUT2D eigenvalue weighted by Gasteiger charge is 2.02. The Morgan fingerprint density at radius 3 is 2.19 bits per heavy atom. The molecule has 0 aliphatic heterocycles. The van der Waals surface area contributed by atoms with E-state index in [-0.39, 0.29) is 0 Å². The minimum atomic E-state index is -0.563. The van der Waals surface area contributed by atoms with Crippen molar-refractivity contribution in [3.05, 3.63) is 70.8 Å². The Morgan fingerprint density at radius 2 is 1.62 bits per heavy atom. The molecule has 0 bridgehead atoms. The van der Waals surface area contributed by atoms with Crippen molar-refractivity contribution in [1.29, 1.82) is 0 Å². The van der Waals surface area contributed by atoms with Crippen LogP contribution in [0.3, 0.4) is 0 Å². The summed E-state index contributed by atoms with van der Waals surface area (Å²) in [6, 6.07) is 10.5. The highest BCUT2D eigenvalue weighted by molar-refractivity contribution is 5.92. The number of carbonyl (C=O) groups excluding carboxylic acids is 1. The van der Waals surface area contributed by atoms with Crippen LogP contribution in [0.5, 0.6) is 0 Å². The molecule has 0 aliphatic carbocycles. The SMILES string of the molecule is NC(=O)c1ccc(CNCCc2cc(F)cc(F)c2)cc1. The van der Waals surface area contributed by atoms with E-state index in [2.05, 4.69) is 5.32 Å². The number of carbonyl (C=O) groups is 1. The van der Waals surface area contributed by atoms with Crippen LogP contribution in [0.2, 0.25) is 0 Å². The lowest BCUT2D eigenvalue weighted by Gasteiger charge is -2.06. The van der Waals surface area contributed by atoms with Gasteiger partial charge in [-0.05, 0) is 48.4 Å². The zero-order valence-electron chi connectivity index (χ0n) is 11.4. The summed E-state index contributed by atoms with van der Waals surface area (Å²) >= 11 is 0. The minimum absolute atomic E-state index is 0.456. The van der Waals surface area contributed by atoms with Crippen LogP contribution in [0.15, 0.2) is 42.5 Å². The molecule has 0 spiro atoms. The second-order valence-electron chi connectivity index (χ2n) is 4.77. The molecule has 0 aliphatic rings. The van der Waals surface area contributed by atoms with Crippen LogP contribution in [0, 0.1) is 11.6 Å². The van der Waals surface area contributed by atoms with Crippen molar-refractivity contribution in [3.8, 4) is 0 Å². The fourth-order valence-corrected chi connectivity index (χ4v) is 2.01. The Hall–Kier alpha value is -2.27. The standard InChI is InChI=1S/C16H16F2N2O/c17-14-7-12(8-15(18)9-14)5-6-20-10-11-1-3-13(4-2-11)16(19)21/h1-4,7-9,20H,5-6,10H2,(H2,19,21). The Kier molecular flexibility index (Phi) is 5.00. The van der Waals surface area contributed by atoms with Crippen LogP contribution >= 0.6 is 0 Å². The average molecular weight is 290 g/mol. The molecule has 3 nitrogen and oxygen atoms in total. The molecule has 21 heavy (non-hydrogen) atoms. The normalized spacial score (nSPS) is 10.6. The number of hydrogen-bond donors (Lipinski definition) is 2. The highest BCUT2D eigenvalue weighted by atomic mass is 19.1. The summed E-state index contributed by atoms with van der Waals surface area (Å²) in [5.74, 6) is -1.58. The van der Waals surface area contributed by atoms with Crippen LogP contribution in [-0.2, 0) is 13.0 Å². The molecule has 0 unspecified atom stereocenters. The lowest BCUT2D eigenvalue weighted by atomic mass is 10.1. The summed E-state index contributed by atoms with van der Waals surface area (Å²) in [6.07, 6.45) is 0.536. The first-order chi connectivity index (χ1) is 10.0. The number of halogens is 2. The molecule has 0 radical (unpaired) electrons. The Labute approximate surface area is 121 Å². The van der Waals surface area contributed by atoms with Gasteiger partial charge in [0.2, 0.25) is 5.91 Å². The summed E-state index contributed by atoms with van der Waals surface area (Å²) < 4.78 is 26.0. The quantitative estimate of drug-likeness (QED) is 0.803. The Bertz CT molecular complexity index is 606. The van der Waals surface area contributed by atoms with Crippen molar-refractivity contribution in [3.63, 3.8) is 0 Å². The molecule has 2 rings (SSSR count). The minimum Gasteiger partial charge on any atom is -0.366 e. The lowest BCUT2D eigenvalue weighted by molar-refractivity contribution is 0.100. The van der Waals surface area contributed by atoms with Gasteiger partial charge in [-0.25, -0.2) is 8.78 Å². The third-order valence-electron chi connectivity index (χ3n) is 3.08. The van der Waals surface area contributed by atoms with Crippen molar-refractivity contribution in [2.75, 3.05) is 6.54 Å². The van der Waals surface area contributed by atoms with Gasteiger partial charge in [-0.3, -0.25) is 4.79 Å². The molecular weight excluding hydrogens is 274 g/mol. The maximum absolute atomic E-state index is 13.0. The number of benzene rings is 2. The van der Waals surface area contributed by atoms with Crippen molar-refractivity contribution in [2.45, 2.75) is 13.0 Å². The third kappa shape index (κ3) is 4.65. The van der Waals surface area contributed by atoms with Gasteiger partial charge in [-0.15, -0.1) is 0 Å². The maximum atomic E-state index is 13.0. The lowest BCUT2D eigenvalue weighted by Crippen LogP contribution is -2.17. The fourth-order valence-electron chi connectivity index (χ4n) is 2.01. The second-order valence-corrected chi connectivity index (χ2v) is 4.77. The second kappa shape index (κ2) is 6.95. The summed E-state index contributed by atoms with van der Waals surface area (Å²) in [5.41, 5.74) is 7.25. The number of primary amides is 1. The van der Waals surface area contributed by atoms with Gasteiger partial charge in [0.05, 0.1) is 0 Å². The van der Waals surface area contributed by atoms with Gasteiger partial charge in [-0.1, -0.05) is 12.1 Å². The first-order valence-corrected chi connectivity index (χ1v) is 6.59. The maximum Gasteiger partial charge on any atom is 0.248 e. The monoisotopic (exact) mass is 290 g/mol. The van der Waals surface area contributed by atoms with Gasteiger partial charge in [0.1, 0.15) is 11.6 Å². The Balaban J connectivity index is 1.80. The van der Waals surface area contributed by atoms with E-state index in [1.165, 1.54) is 12.1 Å². The third-order valence-corrected chi connectivity index (χ3v) is 3.08. The molecule has 1 amide bonds. The largest absolute Gasteiger partial charge is 0.366 e. The van der Waals surface area contributed by atoms with E-state index >= 15 is 0 Å². The number of rotatable bonds is 6. The molecular formula is C16H16F2N2O. The van der Waals surface area contributed by atoms with Crippen molar-refractivity contribution in [2.24, 2.45) is 5.73 Å². The van der Waals surface area contributed by atoms with Crippen LogP contribution in [-0.4, -0.2) is 12.5 Å². The number of nitrogens with two attached hydrogens (primary N) is 1. The number of nitrogens with one attached hydrogen (secondary N) is 1. The van der Waals surface area contributed by atoms with Gasteiger partial charge >= 0.3 is 0 Å². The molecule has 2 aromatic rings. The van der Waals surface area contributed by atoms with Crippen LogP contribution in [0.25, 0.3) is 0 Å². The summed E-state index contributed by atoms with van der Waals surface area (Å²) in [5, 5.41) is 3.18.